The summed E-state index contributed by atoms with van der Waals surface area (Å²) in [6.07, 6.45) is 6.78. The maximum Gasteiger partial charge on any atom is 0.372 e. The van der Waals surface area contributed by atoms with E-state index in [4.69, 9.17) is 4.74 Å². The lowest BCUT2D eigenvalue weighted by Crippen LogP contribution is -2.24. The first-order valence-corrected chi connectivity index (χ1v) is 4.52. The van der Waals surface area contributed by atoms with Crippen LogP contribution in [-0.4, -0.2) is 21.9 Å². The molecule has 80 valence electrons. The molecule has 0 amide bonds. The first-order chi connectivity index (χ1) is 7.22. The molecule has 0 aromatic carbocycles. The highest BCUT2D eigenvalue weighted by Crippen LogP contribution is 2.02. The van der Waals surface area contributed by atoms with Gasteiger partial charge in [0.2, 0.25) is 5.88 Å². The molecule has 0 spiro atoms. The molecule has 1 aromatic rings. The van der Waals surface area contributed by atoms with Crippen molar-refractivity contribution >= 4 is 5.70 Å². The second-order valence-corrected chi connectivity index (χ2v) is 2.71. The Morgan fingerprint density at radius 3 is 2.73 bits per heavy atom. The molecule has 5 heteroatoms. The predicted molar refractivity (Wildman–Crippen MR) is 57.6 cm³/mol. The van der Waals surface area contributed by atoms with E-state index in [9.17, 15) is 4.79 Å². The summed E-state index contributed by atoms with van der Waals surface area (Å²) in [5.41, 5.74) is 0.221. The van der Waals surface area contributed by atoms with Gasteiger partial charge >= 0.3 is 5.69 Å². The molecule has 0 aliphatic heterocycles. The van der Waals surface area contributed by atoms with Crippen LogP contribution in [-0.2, 0) is 0 Å². The van der Waals surface area contributed by atoms with Gasteiger partial charge in [0.1, 0.15) is 6.20 Å². The molecule has 0 radical (unpaired) electrons. The number of allylic oxidation sites excluding steroid dienone is 4. The Kier molecular flexibility index (Phi) is 3.79. The van der Waals surface area contributed by atoms with E-state index in [-0.39, 0.29) is 5.88 Å². The van der Waals surface area contributed by atoms with Crippen molar-refractivity contribution in [3.05, 3.63) is 34.9 Å². The van der Waals surface area contributed by atoms with E-state index >= 15 is 0 Å². The van der Waals surface area contributed by atoms with Crippen LogP contribution in [0.25, 0.3) is 5.70 Å². The second kappa shape index (κ2) is 5.09. The first-order valence-electron chi connectivity index (χ1n) is 4.52. The van der Waals surface area contributed by atoms with Gasteiger partial charge in [-0.15, -0.1) is 0 Å². The van der Waals surface area contributed by atoms with Crippen molar-refractivity contribution in [3.8, 4) is 5.88 Å². The summed E-state index contributed by atoms with van der Waals surface area (Å²) in [6, 6.07) is 0. The fourth-order valence-electron chi connectivity index (χ4n) is 1.06. The number of methoxy groups -OCH3 is 1. The lowest BCUT2D eigenvalue weighted by molar-refractivity contribution is 0.389. The van der Waals surface area contributed by atoms with Crippen LogP contribution in [0.2, 0.25) is 0 Å². The van der Waals surface area contributed by atoms with Crippen molar-refractivity contribution in [1.82, 2.24) is 14.8 Å². The molecule has 0 aliphatic rings. The van der Waals surface area contributed by atoms with Crippen LogP contribution in [0.5, 0.6) is 5.88 Å². The molecule has 0 unspecified atom stereocenters. The fraction of sp³-hybridized carbons (Fsp3) is 0.300. The van der Waals surface area contributed by atoms with E-state index in [2.05, 4.69) is 10.1 Å². The maximum atomic E-state index is 11.5. The summed E-state index contributed by atoms with van der Waals surface area (Å²) in [4.78, 5) is 15.2. The summed E-state index contributed by atoms with van der Waals surface area (Å²) >= 11 is 0. The van der Waals surface area contributed by atoms with Gasteiger partial charge in [0.25, 0.3) is 0 Å². The summed E-state index contributed by atoms with van der Waals surface area (Å²) in [6.45, 7) is 3.69. The lowest BCUT2D eigenvalue weighted by Gasteiger charge is -2.04. The number of hydrogen-bond donors (Lipinski definition) is 0. The number of rotatable bonds is 3. The number of aromatic nitrogens is 3. The third-order valence-electron chi connectivity index (χ3n) is 1.76. The molecule has 1 aromatic heterocycles. The molecule has 0 saturated heterocycles. The predicted octanol–water partition coefficient (Wildman–Crippen LogP) is 1.08. The Hall–Kier alpha value is -1.91. The highest BCUT2D eigenvalue weighted by Gasteiger charge is 2.03. The van der Waals surface area contributed by atoms with E-state index in [1.54, 1.807) is 12.2 Å². The van der Waals surface area contributed by atoms with Crippen molar-refractivity contribution in [3.63, 3.8) is 0 Å². The average molecular weight is 207 g/mol. The van der Waals surface area contributed by atoms with Crippen molar-refractivity contribution < 1.29 is 4.74 Å². The first kappa shape index (κ1) is 11.2. The van der Waals surface area contributed by atoms with E-state index in [0.717, 1.165) is 0 Å². The lowest BCUT2D eigenvalue weighted by atomic mass is 10.4. The van der Waals surface area contributed by atoms with Crippen LogP contribution in [0.4, 0.5) is 0 Å². The zero-order valence-electron chi connectivity index (χ0n) is 8.97. The Morgan fingerprint density at radius 2 is 2.27 bits per heavy atom. The van der Waals surface area contributed by atoms with Gasteiger partial charge in [-0.05, 0) is 19.9 Å². The minimum Gasteiger partial charge on any atom is -0.480 e. The molecule has 0 fully saturated rings. The van der Waals surface area contributed by atoms with Crippen LogP contribution < -0.4 is 10.4 Å². The molecule has 0 bridgehead atoms. The standard InChI is InChI=1S/C10H13N3O2/c1-4-6-8(5-2)13-10(14)12-9(15-3)7-11-13/h4-7H,1-3H3/b6-4-,8-5+. The molecular formula is C10H13N3O2. The van der Waals surface area contributed by atoms with Crippen LogP contribution in [0.3, 0.4) is 0 Å². The van der Waals surface area contributed by atoms with Gasteiger partial charge in [-0.1, -0.05) is 12.2 Å². The number of ether oxygens (including phenoxy) is 1. The summed E-state index contributed by atoms with van der Waals surface area (Å²) < 4.78 is 6.01. The number of hydrogen-bond acceptors (Lipinski definition) is 4. The summed E-state index contributed by atoms with van der Waals surface area (Å²) in [5, 5.41) is 3.94. The number of nitrogens with zero attached hydrogens (tertiary/aromatic N) is 3. The normalized spacial score (nSPS) is 12.1. The van der Waals surface area contributed by atoms with E-state index in [1.165, 1.54) is 18.0 Å². The largest absolute Gasteiger partial charge is 0.480 e. The highest BCUT2D eigenvalue weighted by atomic mass is 16.5. The van der Waals surface area contributed by atoms with Gasteiger partial charge < -0.3 is 4.74 Å². The summed E-state index contributed by atoms with van der Waals surface area (Å²) in [5.74, 6) is 0.215. The minimum absolute atomic E-state index is 0.215. The maximum absolute atomic E-state index is 11.5. The van der Waals surface area contributed by atoms with Gasteiger partial charge in [-0.25, -0.2) is 4.79 Å². The van der Waals surface area contributed by atoms with Gasteiger partial charge in [-0.3, -0.25) is 0 Å². The Bertz CT molecular complexity index is 446. The molecule has 0 aliphatic carbocycles. The van der Waals surface area contributed by atoms with E-state index in [1.807, 2.05) is 19.9 Å². The molecule has 0 N–H and O–H groups in total. The molecule has 1 rings (SSSR count). The van der Waals surface area contributed by atoms with Crippen molar-refractivity contribution in [2.45, 2.75) is 13.8 Å². The Labute approximate surface area is 87.7 Å². The fourth-order valence-corrected chi connectivity index (χ4v) is 1.06. The van der Waals surface area contributed by atoms with Crippen LogP contribution in [0.1, 0.15) is 13.8 Å². The van der Waals surface area contributed by atoms with Gasteiger partial charge in [0, 0.05) is 0 Å². The SMILES string of the molecule is C/C=C\C(=C/C)n1ncc(OC)nc1=O. The van der Waals surface area contributed by atoms with Crippen molar-refractivity contribution in [2.24, 2.45) is 0 Å². The van der Waals surface area contributed by atoms with Crippen LogP contribution >= 0.6 is 0 Å². The molecule has 15 heavy (non-hydrogen) atoms. The zero-order chi connectivity index (χ0) is 11.3. The van der Waals surface area contributed by atoms with Crippen molar-refractivity contribution in [2.75, 3.05) is 7.11 Å². The quantitative estimate of drug-likeness (QED) is 0.696. The van der Waals surface area contributed by atoms with Gasteiger partial charge in [0.15, 0.2) is 0 Å². The molecule has 5 nitrogen and oxygen atoms in total. The minimum atomic E-state index is -0.458. The molecule has 0 atom stereocenters. The van der Waals surface area contributed by atoms with Gasteiger partial charge in [0.05, 0.1) is 12.8 Å². The van der Waals surface area contributed by atoms with E-state index in [0.29, 0.717) is 5.70 Å². The van der Waals surface area contributed by atoms with Crippen LogP contribution in [0.15, 0.2) is 29.2 Å². The molecule has 0 saturated carbocycles. The smallest absolute Gasteiger partial charge is 0.372 e. The third-order valence-corrected chi connectivity index (χ3v) is 1.76. The summed E-state index contributed by atoms with van der Waals surface area (Å²) in [7, 11) is 1.44. The van der Waals surface area contributed by atoms with Gasteiger partial charge in [-0.2, -0.15) is 14.8 Å². The average Bonchev–Trinajstić information content (AvgIpc) is 2.26. The van der Waals surface area contributed by atoms with E-state index < -0.39 is 5.69 Å². The Balaban J connectivity index is 3.21. The zero-order valence-corrected chi connectivity index (χ0v) is 8.97. The second-order valence-electron chi connectivity index (χ2n) is 2.71. The third kappa shape index (κ3) is 2.52. The van der Waals surface area contributed by atoms with Crippen LogP contribution in [0, 0.1) is 0 Å². The highest BCUT2D eigenvalue weighted by molar-refractivity contribution is 5.54. The monoisotopic (exact) mass is 207 g/mol. The Morgan fingerprint density at radius 1 is 1.53 bits per heavy atom. The molecule has 1 heterocycles. The topological polar surface area (TPSA) is 57.0 Å². The van der Waals surface area contributed by atoms with Crippen molar-refractivity contribution in [1.29, 1.82) is 0 Å². The molecular weight excluding hydrogens is 194 g/mol.